The third-order valence-corrected chi connectivity index (χ3v) is 2.55. The maximum atomic E-state index is 11.3. The monoisotopic (exact) mass is 231 g/mol. The summed E-state index contributed by atoms with van der Waals surface area (Å²) in [7, 11) is 3.28. The SMILES string of the molecule is C#CC#CC#CCSc1nn(C)c(=O)n1C. The van der Waals surface area contributed by atoms with E-state index >= 15 is 0 Å². The maximum absolute atomic E-state index is 11.3. The smallest absolute Gasteiger partial charge is 0.273 e. The van der Waals surface area contributed by atoms with Crippen LogP contribution in [0.4, 0.5) is 0 Å². The molecular weight excluding hydrogens is 222 g/mol. The van der Waals surface area contributed by atoms with Crippen molar-refractivity contribution in [3.05, 3.63) is 10.5 Å². The van der Waals surface area contributed by atoms with Gasteiger partial charge in [0.2, 0.25) is 0 Å². The van der Waals surface area contributed by atoms with Crippen LogP contribution < -0.4 is 5.69 Å². The zero-order chi connectivity index (χ0) is 12.0. The third-order valence-electron chi connectivity index (χ3n) is 1.65. The van der Waals surface area contributed by atoms with Crippen LogP contribution in [0.15, 0.2) is 9.95 Å². The van der Waals surface area contributed by atoms with Crippen LogP contribution in [-0.2, 0) is 14.1 Å². The Balaban J connectivity index is 2.62. The second kappa shape index (κ2) is 5.75. The van der Waals surface area contributed by atoms with E-state index in [4.69, 9.17) is 6.42 Å². The normalized spacial score (nSPS) is 8.31. The van der Waals surface area contributed by atoms with Crippen molar-refractivity contribution in [3.8, 4) is 36.0 Å². The highest BCUT2D eigenvalue weighted by Gasteiger charge is 2.06. The van der Waals surface area contributed by atoms with Crippen LogP contribution in [-0.4, -0.2) is 20.1 Å². The van der Waals surface area contributed by atoms with Gasteiger partial charge >= 0.3 is 5.69 Å². The van der Waals surface area contributed by atoms with Gasteiger partial charge in [-0.05, 0) is 23.7 Å². The highest BCUT2D eigenvalue weighted by molar-refractivity contribution is 7.99. The summed E-state index contributed by atoms with van der Waals surface area (Å²) >= 11 is 1.38. The number of rotatable bonds is 2. The Labute approximate surface area is 98.0 Å². The molecular formula is C11H9N3OS. The molecule has 0 aliphatic rings. The Hall–Kier alpha value is -2.03. The molecule has 0 aliphatic heterocycles. The molecule has 0 atom stereocenters. The molecule has 0 saturated carbocycles. The minimum Gasteiger partial charge on any atom is -0.273 e. The van der Waals surface area contributed by atoms with Gasteiger partial charge in [0.1, 0.15) is 0 Å². The predicted molar refractivity (Wildman–Crippen MR) is 63.6 cm³/mol. The average molecular weight is 231 g/mol. The first kappa shape index (κ1) is 12.0. The molecule has 1 aromatic rings. The number of thioether (sulfide) groups is 1. The van der Waals surface area contributed by atoms with Gasteiger partial charge in [-0.3, -0.25) is 4.57 Å². The highest BCUT2D eigenvalue weighted by Crippen LogP contribution is 2.10. The average Bonchev–Trinajstić information content (AvgIpc) is 2.51. The zero-order valence-electron chi connectivity index (χ0n) is 8.94. The lowest BCUT2D eigenvalue weighted by Gasteiger charge is -1.92. The predicted octanol–water partition coefficient (Wildman–Crippen LogP) is -0.149. The molecule has 0 bridgehead atoms. The van der Waals surface area contributed by atoms with Crippen molar-refractivity contribution in [3.63, 3.8) is 0 Å². The fourth-order valence-corrected chi connectivity index (χ4v) is 1.64. The maximum Gasteiger partial charge on any atom is 0.346 e. The Bertz CT molecular complexity index is 596. The van der Waals surface area contributed by atoms with Gasteiger partial charge in [0.25, 0.3) is 0 Å². The van der Waals surface area contributed by atoms with E-state index < -0.39 is 0 Å². The van der Waals surface area contributed by atoms with Gasteiger partial charge in [0.05, 0.1) is 5.75 Å². The number of terminal acetylenes is 1. The highest BCUT2D eigenvalue weighted by atomic mass is 32.2. The van der Waals surface area contributed by atoms with E-state index in [2.05, 4.69) is 34.7 Å². The number of hydrogen-bond acceptors (Lipinski definition) is 3. The summed E-state index contributed by atoms with van der Waals surface area (Å²) in [4.78, 5) is 11.3. The molecule has 4 nitrogen and oxygen atoms in total. The Morgan fingerprint density at radius 2 is 2.12 bits per heavy atom. The van der Waals surface area contributed by atoms with Crippen LogP contribution in [0.25, 0.3) is 0 Å². The molecule has 80 valence electrons. The van der Waals surface area contributed by atoms with Crippen LogP contribution >= 0.6 is 11.8 Å². The molecule has 0 aromatic carbocycles. The fraction of sp³-hybridized carbons (Fsp3) is 0.273. The van der Waals surface area contributed by atoms with Crippen molar-refractivity contribution in [1.82, 2.24) is 14.3 Å². The molecule has 0 unspecified atom stereocenters. The van der Waals surface area contributed by atoms with Crippen LogP contribution in [0.2, 0.25) is 0 Å². The Kier molecular flexibility index (Phi) is 4.33. The molecule has 0 saturated heterocycles. The van der Waals surface area contributed by atoms with Gasteiger partial charge in [0.15, 0.2) is 5.16 Å². The molecule has 16 heavy (non-hydrogen) atoms. The summed E-state index contributed by atoms with van der Waals surface area (Å²) in [6, 6.07) is 0. The van der Waals surface area contributed by atoms with Gasteiger partial charge in [0, 0.05) is 14.1 Å². The van der Waals surface area contributed by atoms with Crippen molar-refractivity contribution < 1.29 is 0 Å². The minimum atomic E-state index is -0.150. The first-order valence-electron chi connectivity index (χ1n) is 4.33. The van der Waals surface area contributed by atoms with Crippen molar-refractivity contribution in [1.29, 1.82) is 0 Å². The number of hydrogen-bond donors (Lipinski definition) is 0. The van der Waals surface area contributed by atoms with Gasteiger partial charge in [-0.2, -0.15) is 0 Å². The van der Waals surface area contributed by atoms with Crippen molar-refractivity contribution in [2.75, 3.05) is 5.75 Å². The topological polar surface area (TPSA) is 39.8 Å². The molecule has 0 aliphatic carbocycles. The summed E-state index contributed by atoms with van der Waals surface area (Å²) in [5.41, 5.74) is -0.150. The lowest BCUT2D eigenvalue weighted by Crippen LogP contribution is -2.20. The van der Waals surface area contributed by atoms with Gasteiger partial charge < -0.3 is 0 Å². The summed E-state index contributed by atoms with van der Waals surface area (Å²) < 4.78 is 2.76. The Morgan fingerprint density at radius 3 is 2.69 bits per heavy atom. The van der Waals surface area contributed by atoms with Crippen molar-refractivity contribution >= 4 is 11.8 Å². The number of aryl methyl sites for hydroxylation is 1. The van der Waals surface area contributed by atoms with Crippen molar-refractivity contribution in [2.45, 2.75) is 5.16 Å². The molecule has 0 amide bonds. The quantitative estimate of drug-likeness (QED) is 0.525. The van der Waals surface area contributed by atoms with Gasteiger partial charge in [-0.25, -0.2) is 9.48 Å². The number of aromatic nitrogens is 3. The van der Waals surface area contributed by atoms with E-state index in [9.17, 15) is 4.79 Å². The number of nitrogens with zero attached hydrogens (tertiary/aromatic N) is 3. The van der Waals surface area contributed by atoms with Gasteiger partial charge in [-0.1, -0.05) is 17.7 Å². The molecule has 1 heterocycles. The van der Waals surface area contributed by atoms with Crippen LogP contribution in [0.3, 0.4) is 0 Å². The molecule has 0 fully saturated rings. The van der Waals surface area contributed by atoms with Crippen molar-refractivity contribution in [2.24, 2.45) is 14.1 Å². The first-order chi connectivity index (χ1) is 7.66. The summed E-state index contributed by atoms with van der Waals surface area (Å²) in [5.74, 6) is 13.0. The van der Waals surface area contributed by atoms with Gasteiger partial charge in [-0.15, -0.1) is 11.5 Å². The molecule has 0 spiro atoms. The van der Waals surface area contributed by atoms with Crippen LogP contribution in [0.1, 0.15) is 0 Å². The minimum absolute atomic E-state index is 0.150. The lowest BCUT2D eigenvalue weighted by molar-refractivity contribution is 0.711. The summed E-state index contributed by atoms with van der Waals surface area (Å²) in [6.45, 7) is 0. The summed E-state index contributed by atoms with van der Waals surface area (Å²) in [5, 5.41) is 4.67. The fourth-order valence-electron chi connectivity index (χ4n) is 0.911. The zero-order valence-corrected chi connectivity index (χ0v) is 9.76. The lowest BCUT2D eigenvalue weighted by atomic mass is 10.5. The Morgan fingerprint density at radius 1 is 1.38 bits per heavy atom. The third kappa shape index (κ3) is 2.98. The largest absolute Gasteiger partial charge is 0.346 e. The first-order valence-corrected chi connectivity index (χ1v) is 5.31. The van der Waals surface area contributed by atoms with E-state index in [0.717, 1.165) is 0 Å². The van der Waals surface area contributed by atoms with E-state index in [1.165, 1.54) is 21.0 Å². The molecule has 0 radical (unpaired) electrons. The van der Waals surface area contributed by atoms with Crippen LogP contribution in [0.5, 0.6) is 0 Å². The second-order valence-electron chi connectivity index (χ2n) is 2.73. The second-order valence-corrected chi connectivity index (χ2v) is 3.68. The molecule has 0 N–H and O–H groups in total. The summed E-state index contributed by atoms with van der Waals surface area (Å²) in [6.07, 6.45) is 4.93. The molecule has 5 heteroatoms. The molecule has 1 aromatic heterocycles. The van der Waals surface area contributed by atoms with Crippen LogP contribution in [0, 0.1) is 36.0 Å². The standard InChI is InChI=1S/C11H9N3OS/c1-4-5-6-7-8-9-16-10-12-14(3)11(15)13(10)2/h1H,9H2,2-3H3. The van der Waals surface area contributed by atoms with E-state index in [0.29, 0.717) is 10.9 Å². The van der Waals surface area contributed by atoms with E-state index in [1.807, 2.05) is 0 Å². The van der Waals surface area contributed by atoms with E-state index in [1.54, 1.807) is 14.1 Å². The molecule has 1 rings (SSSR count). The van der Waals surface area contributed by atoms with E-state index in [-0.39, 0.29) is 5.69 Å².